The molecule has 1 unspecified atom stereocenters. The highest BCUT2D eigenvalue weighted by atomic mass is 31.0. The van der Waals surface area contributed by atoms with Gasteiger partial charge in [-0.1, -0.05) is 20.3 Å². The molecule has 1 aliphatic carbocycles. The van der Waals surface area contributed by atoms with Crippen LogP contribution < -0.4 is 5.73 Å². The minimum Gasteiger partial charge on any atom is -0.362 e. The summed E-state index contributed by atoms with van der Waals surface area (Å²) in [5.41, 5.74) is 5.46. The Bertz CT molecular complexity index is 74.0. The summed E-state index contributed by atoms with van der Waals surface area (Å²) in [6.07, 6.45) is 3.74. The molecule has 0 aromatic heterocycles. The third-order valence-electron chi connectivity index (χ3n) is 1.32. The molecule has 0 bridgehead atoms. The Hall–Kier alpha value is 0.350. The van der Waals surface area contributed by atoms with Crippen molar-refractivity contribution >= 4 is 9.47 Å². The molecule has 10 heavy (non-hydrogen) atoms. The summed E-state index contributed by atoms with van der Waals surface area (Å²) in [5, 5.41) is 0. The maximum absolute atomic E-state index is 5.46. The molecule has 0 saturated heterocycles. The minimum atomic E-state index is 0.408. The van der Waals surface area contributed by atoms with E-state index in [0.29, 0.717) is 12.1 Å². The van der Waals surface area contributed by atoms with Crippen molar-refractivity contribution in [3.8, 4) is 0 Å². The van der Waals surface area contributed by atoms with Gasteiger partial charge in [-0.15, -0.1) is 0 Å². The average molecular weight is 163 g/mol. The maximum Gasteiger partial charge on any atom is 0.0640 e. The molecule has 0 aliphatic heterocycles. The van der Waals surface area contributed by atoms with Crippen LogP contribution in [0.25, 0.3) is 0 Å². The smallest absolute Gasteiger partial charge is 0.0640 e. The Morgan fingerprint density at radius 3 is 2.00 bits per heavy atom. The van der Waals surface area contributed by atoms with Gasteiger partial charge < -0.3 is 10.3 Å². The fraction of sp³-hybridized carbons (Fsp3) is 1.00. The van der Waals surface area contributed by atoms with Crippen LogP contribution in [-0.2, 0) is 4.52 Å². The first kappa shape index (κ1) is 10.3. The molecule has 3 heteroatoms. The van der Waals surface area contributed by atoms with Gasteiger partial charge in [0.25, 0.3) is 0 Å². The molecule has 0 aromatic carbocycles. The summed E-state index contributed by atoms with van der Waals surface area (Å²) in [7, 11) is 2.25. The van der Waals surface area contributed by atoms with E-state index in [4.69, 9.17) is 10.3 Å². The highest BCUT2D eigenvalue weighted by Crippen LogP contribution is 2.22. The summed E-state index contributed by atoms with van der Waals surface area (Å²) in [4.78, 5) is 0. The Balaban J connectivity index is 0.000000236. The summed E-state index contributed by atoms with van der Waals surface area (Å²) in [6.45, 7) is 4.25. The van der Waals surface area contributed by atoms with Gasteiger partial charge in [0.1, 0.15) is 0 Å². The molecule has 2 N–H and O–H groups in total. The van der Waals surface area contributed by atoms with Crippen molar-refractivity contribution in [2.24, 2.45) is 5.73 Å². The molecule has 1 rings (SSSR count). The number of hydrogen-bond acceptors (Lipinski definition) is 2. The lowest BCUT2D eigenvalue weighted by Crippen LogP contribution is -2.40. The first-order chi connectivity index (χ1) is 4.74. The van der Waals surface area contributed by atoms with Crippen LogP contribution in [0.4, 0.5) is 0 Å². The van der Waals surface area contributed by atoms with Crippen molar-refractivity contribution in [1.29, 1.82) is 0 Å². The van der Waals surface area contributed by atoms with Crippen LogP contribution in [0, 0.1) is 0 Å². The Kier molecular flexibility index (Phi) is 6.30. The highest BCUT2D eigenvalue weighted by Gasteiger charge is 2.24. The SMILES string of the molecule is CCC.NC1CC(OP)C1. The normalized spacial score (nSPS) is 30.0. The zero-order valence-electron chi connectivity index (χ0n) is 6.84. The van der Waals surface area contributed by atoms with E-state index in [9.17, 15) is 0 Å². The second-order valence-corrected chi connectivity index (χ2v) is 2.97. The van der Waals surface area contributed by atoms with Crippen molar-refractivity contribution < 1.29 is 4.52 Å². The molecule has 0 radical (unpaired) electrons. The lowest BCUT2D eigenvalue weighted by molar-refractivity contribution is 0.124. The summed E-state index contributed by atoms with van der Waals surface area (Å²) in [6, 6.07) is 0.408. The van der Waals surface area contributed by atoms with Gasteiger partial charge in [0.15, 0.2) is 0 Å². The van der Waals surface area contributed by atoms with E-state index in [1.807, 2.05) is 0 Å². The van der Waals surface area contributed by atoms with Crippen LogP contribution in [0.1, 0.15) is 33.1 Å². The molecule has 1 aliphatic rings. The second kappa shape index (κ2) is 6.09. The number of hydrogen-bond donors (Lipinski definition) is 1. The van der Waals surface area contributed by atoms with Crippen LogP contribution in [0.3, 0.4) is 0 Å². The first-order valence-corrected chi connectivity index (χ1v) is 4.32. The van der Waals surface area contributed by atoms with E-state index in [1.165, 1.54) is 6.42 Å². The first-order valence-electron chi connectivity index (χ1n) is 3.85. The minimum absolute atomic E-state index is 0.408. The van der Waals surface area contributed by atoms with Gasteiger partial charge in [-0.05, 0) is 12.8 Å². The summed E-state index contributed by atoms with van der Waals surface area (Å²) < 4.78 is 4.89. The van der Waals surface area contributed by atoms with Crippen LogP contribution >= 0.6 is 9.47 Å². The molecular weight excluding hydrogens is 145 g/mol. The van der Waals surface area contributed by atoms with Gasteiger partial charge in [-0.25, -0.2) is 0 Å². The molecule has 0 heterocycles. The van der Waals surface area contributed by atoms with E-state index in [2.05, 4.69) is 23.3 Å². The van der Waals surface area contributed by atoms with Crippen LogP contribution in [-0.4, -0.2) is 12.1 Å². The fourth-order valence-electron chi connectivity index (χ4n) is 0.717. The standard InChI is InChI=1S/C4H10NOP.C3H8/c5-3-1-4(2-3)6-7;1-3-2/h3-4H,1-2,5,7H2;3H2,1-2H3. The third-order valence-corrected chi connectivity index (χ3v) is 1.71. The van der Waals surface area contributed by atoms with Crippen LogP contribution in [0.2, 0.25) is 0 Å². The second-order valence-electron chi connectivity index (χ2n) is 2.70. The van der Waals surface area contributed by atoms with E-state index >= 15 is 0 Å². The van der Waals surface area contributed by atoms with Gasteiger partial charge in [-0.2, -0.15) is 0 Å². The zero-order valence-corrected chi connectivity index (χ0v) is 7.99. The lowest BCUT2D eigenvalue weighted by atomic mass is 9.91. The molecule has 62 valence electrons. The number of nitrogens with two attached hydrogens (primary N) is 1. The monoisotopic (exact) mass is 163 g/mol. The molecule has 0 spiro atoms. The van der Waals surface area contributed by atoms with Gasteiger partial charge >= 0.3 is 0 Å². The Morgan fingerprint density at radius 1 is 1.50 bits per heavy atom. The Morgan fingerprint density at radius 2 is 1.90 bits per heavy atom. The largest absolute Gasteiger partial charge is 0.362 e. The zero-order chi connectivity index (χ0) is 7.98. The highest BCUT2D eigenvalue weighted by molar-refractivity contribution is 7.09. The lowest BCUT2D eigenvalue weighted by Gasteiger charge is -2.30. The van der Waals surface area contributed by atoms with E-state index in [0.717, 1.165) is 12.8 Å². The topological polar surface area (TPSA) is 35.2 Å². The van der Waals surface area contributed by atoms with Crippen molar-refractivity contribution in [2.75, 3.05) is 0 Å². The molecular formula is C7H18NOP. The predicted octanol–water partition coefficient (Wildman–Crippen LogP) is 1.70. The predicted molar refractivity (Wildman–Crippen MR) is 47.8 cm³/mol. The van der Waals surface area contributed by atoms with E-state index in [1.54, 1.807) is 0 Å². The van der Waals surface area contributed by atoms with Crippen molar-refractivity contribution in [3.63, 3.8) is 0 Å². The summed E-state index contributed by atoms with van der Waals surface area (Å²) in [5.74, 6) is 0. The molecule has 1 atom stereocenters. The molecule has 0 aromatic rings. The van der Waals surface area contributed by atoms with Gasteiger partial charge in [0.2, 0.25) is 0 Å². The van der Waals surface area contributed by atoms with E-state index in [-0.39, 0.29) is 0 Å². The average Bonchev–Trinajstić information content (AvgIpc) is 1.83. The van der Waals surface area contributed by atoms with Gasteiger partial charge in [0.05, 0.1) is 6.10 Å². The van der Waals surface area contributed by atoms with Crippen LogP contribution in [0.5, 0.6) is 0 Å². The fourth-order valence-corrected chi connectivity index (χ4v) is 0.940. The van der Waals surface area contributed by atoms with Gasteiger partial charge in [0, 0.05) is 15.5 Å². The number of rotatable bonds is 1. The molecule has 0 amide bonds. The molecule has 1 fully saturated rings. The summed E-state index contributed by atoms with van der Waals surface area (Å²) >= 11 is 0. The molecule has 2 nitrogen and oxygen atoms in total. The van der Waals surface area contributed by atoms with Gasteiger partial charge in [-0.3, -0.25) is 0 Å². The third kappa shape index (κ3) is 4.21. The van der Waals surface area contributed by atoms with Crippen molar-refractivity contribution in [2.45, 2.75) is 45.3 Å². The quantitative estimate of drug-likeness (QED) is 0.597. The van der Waals surface area contributed by atoms with Crippen molar-refractivity contribution in [1.82, 2.24) is 0 Å². The molecule has 1 saturated carbocycles. The van der Waals surface area contributed by atoms with Crippen molar-refractivity contribution in [3.05, 3.63) is 0 Å². The Labute approximate surface area is 65.8 Å². The van der Waals surface area contributed by atoms with Crippen LogP contribution in [0.15, 0.2) is 0 Å². The van der Waals surface area contributed by atoms with E-state index < -0.39 is 0 Å². The maximum atomic E-state index is 5.46.